The average molecular weight is 366 g/mol. The highest BCUT2D eigenvalue weighted by molar-refractivity contribution is 7.15. The van der Waals surface area contributed by atoms with Crippen LogP contribution in [0.25, 0.3) is 10.9 Å². The molecule has 26 heavy (non-hydrogen) atoms. The number of carbonyl (C=O) groups excluding carboxylic acids is 1. The van der Waals surface area contributed by atoms with E-state index in [1.165, 1.54) is 17.4 Å². The first-order valence-corrected chi connectivity index (χ1v) is 8.85. The molecule has 0 saturated carbocycles. The maximum Gasteiger partial charge on any atom is 0.259 e. The Bertz CT molecular complexity index is 1100. The predicted molar refractivity (Wildman–Crippen MR) is 100 cm³/mol. The number of nitrogens with one attached hydrogen (secondary N) is 2. The van der Waals surface area contributed by atoms with E-state index in [0.717, 1.165) is 15.8 Å². The molecule has 0 atom stereocenters. The highest BCUT2D eigenvalue weighted by Gasteiger charge is 2.13. The molecule has 0 fully saturated rings. The Morgan fingerprint density at radius 3 is 3.00 bits per heavy atom. The number of fused-ring (bicyclic) bond motifs is 1. The van der Waals surface area contributed by atoms with Gasteiger partial charge in [0.25, 0.3) is 5.91 Å². The minimum absolute atomic E-state index is 0.215. The van der Waals surface area contributed by atoms with E-state index in [0.29, 0.717) is 28.2 Å². The van der Waals surface area contributed by atoms with Crippen molar-refractivity contribution in [2.24, 2.45) is 0 Å². The number of H-pyrrole nitrogens is 1. The summed E-state index contributed by atoms with van der Waals surface area (Å²) < 4.78 is 13.7. The zero-order chi connectivity index (χ0) is 18.1. The van der Waals surface area contributed by atoms with Gasteiger partial charge in [-0.15, -0.1) is 11.3 Å². The molecule has 0 radical (unpaired) electrons. The summed E-state index contributed by atoms with van der Waals surface area (Å²) in [5.74, 6) is -0.463. The molecule has 1 amide bonds. The molecule has 7 heteroatoms. The monoisotopic (exact) mass is 366 g/mol. The Morgan fingerprint density at radius 1 is 1.27 bits per heavy atom. The van der Waals surface area contributed by atoms with E-state index in [1.54, 1.807) is 31.5 Å². The van der Waals surface area contributed by atoms with Gasteiger partial charge in [-0.05, 0) is 30.2 Å². The quantitative estimate of drug-likeness (QED) is 0.565. The molecule has 5 nitrogen and oxygen atoms in total. The van der Waals surface area contributed by atoms with Gasteiger partial charge in [0.1, 0.15) is 5.82 Å². The summed E-state index contributed by atoms with van der Waals surface area (Å²) in [5, 5.41) is 11.0. The number of aryl methyl sites for hydroxylation is 1. The third-order valence-corrected chi connectivity index (χ3v) is 5.02. The van der Waals surface area contributed by atoms with Gasteiger partial charge in [-0.3, -0.25) is 15.2 Å². The van der Waals surface area contributed by atoms with Gasteiger partial charge in [-0.25, -0.2) is 9.37 Å². The molecule has 0 saturated heterocycles. The van der Waals surface area contributed by atoms with Crippen LogP contribution in [-0.4, -0.2) is 21.1 Å². The van der Waals surface area contributed by atoms with Crippen LogP contribution >= 0.6 is 11.3 Å². The van der Waals surface area contributed by atoms with E-state index in [1.807, 2.05) is 18.2 Å². The van der Waals surface area contributed by atoms with Crippen LogP contribution in [0.1, 0.15) is 26.4 Å². The van der Waals surface area contributed by atoms with Gasteiger partial charge in [-0.1, -0.05) is 24.3 Å². The maximum atomic E-state index is 13.7. The number of aromatic amines is 1. The van der Waals surface area contributed by atoms with E-state index in [4.69, 9.17) is 0 Å². The SMILES string of the molecule is Cc1ccc(Cc2cnc(NC(=O)c3cccc4cn[nH]c34)s2)cc1F. The normalized spacial score (nSPS) is 11.0. The first-order valence-electron chi connectivity index (χ1n) is 8.03. The average Bonchev–Trinajstić information content (AvgIpc) is 3.27. The molecule has 2 aromatic heterocycles. The van der Waals surface area contributed by atoms with Crippen molar-refractivity contribution < 1.29 is 9.18 Å². The summed E-state index contributed by atoms with van der Waals surface area (Å²) in [5.41, 5.74) is 2.70. The number of carbonyl (C=O) groups is 1. The van der Waals surface area contributed by atoms with Crippen LogP contribution in [-0.2, 0) is 6.42 Å². The first kappa shape index (κ1) is 16.4. The van der Waals surface area contributed by atoms with Gasteiger partial charge < -0.3 is 0 Å². The molecular weight excluding hydrogens is 351 g/mol. The standard InChI is InChI=1S/C19H15FN4OS/c1-11-5-6-12(8-16(11)20)7-14-10-21-19(26-14)23-18(25)15-4-2-3-13-9-22-24-17(13)15/h2-6,8-10H,7H2,1H3,(H,22,24)(H,21,23,25). The summed E-state index contributed by atoms with van der Waals surface area (Å²) in [7, 11) is 0. The lowest BCUT2D eigenvalue weighted by atomic mass is 10.1. The number of benzene rings is 2. The fourth-order valence-electron chi connectivity index (χ4n) is 2.72. The molecule has 2 heterocycles. The van der Waals surface area contributed by atoms with Crippen molar-refractivity contribution in [3.8, 4) is 0 Å². The Morgan fingerprint density at radius 2 is 2.15 bits per heavy atom. The van der Waals surface area contributed by atoms with Crippen molar-refractivity contribution in [1.29, 1.82) is 0 Å². The number of rotatable bonds is 4. The number of para-hydroxylation sites is 1. The minimum Gasteiger partial charge on any atom is -0.298 e. The molecule has 4 rings (SSSR count). The fraction of sp³-hybridized carbons (Fsp3) is 0.105. The largest absolute Gasteiger partial charge is 0.298 e. The van der Waals surface area contributed by atoms with Crippen molar-refractivity contribution in [2.75, 3.05) is 5.32 Å². The third-order valence-electron chi connectivity index (χ3n) is 4.11. The number of hydrogen-bond acceptors (Lipinski definition) is 4. The zero-order valence-corrected chi connectivity index (χ0v) is 14.7. The molecule has 130 valence electrons. The Balaban J connectivity index is 1.50. The molecule has 0 aliphatic carbocycles. The summed E-state index contributed by atoms with van der Waals surface area (Å²) in [6.45, 7) is 1.74. The smallest absolute Gasteiger partial charge is 0.259 e. The Labute approximate surface area is 152 Å². The van der Waals surface area contributed by atoms with Crippen molar-refractivity contribution in [3.05, 3.63) is 76.2 Å². The van der Waals surface area contributed by atoms with Crippen LogP contribution in [0.4, 0.5) is 9.52 Å². The van der Waals surface area contributed by atoms with E-state index < -0.39 is 0 Å². The van der Waals surface area contributed by atoms with Crippen LogP contribution in [0.3, 0.4) is 0 Å². The summed E-state index contributed by atoms with van der Waals surface area (Å²) in [6, 6.07) is 10.6. The molecule has 4 aromatic rings. The molecule has 2 aromatic carbocycles. The van der Waals surface area contributed by atoms with Crippen LogP contribution in [0.2, 0.25) is 0 Å². The van der Waals surface area contributed by atoms with Gasteiger partial charge >= 0.3 is 0 Å². The molecule has 2 N–H and O–H groups in total. The van der Waals surface area contributed by atoms with E-state index in [-0.39, 0.29) is 11.7 Å². The number of anilines is 1. The lowest BCUT2D eigenvalue weighted by Crippen LogP contribution is -2.12. The van der Waals surface area contributed by atoms with Crippen LogP contribution < -0.4 is 5.32 Å². The number of aromatic nitrogens is 3. The Kier molecular flexibility index (Phi) is 4.22. The van der Waals surface area contributed by atoms with Gasteiger partial charge in [0.15, 0.2) is 5.13 Å². The molecule has 0 unspecified atom stereocenters. The molecule has 0 aliphatic heterocycles. The maximum absolute atomic E-state index is 13.7. The summed E-state index contributed by atoms with van der Waals surface area (Å²) in [6.07, 6.45) is 3.95. The zero-order valence-electron chi connectivity index (χ0n) is 13.9. The topological polar surface area (TPSA) is 70.7 Å². The first-order chi connectivity index (χ1) is 12.6. The second-order valence-electron chi connectivity index (χ2n) is 5.99. The van der Waals surface area contributed by atoms with Gasteiger partial charge in [0.05, 0.1) is 17.3 Å². The molecular formula is C19H15FN4OS. The second kappa shape index (κ2) is 6.68. The number of halogens is 1. The van der Waals surface area contributed by atoms with Gasteiger partial charge in [-0.2, -0.15) is 5.10 Å². The van der Waals surface area contributed by atoms with Crippen molar-refractivity contribution >= 4 is 33.3 Å². The van der Waals surface area contributed by atoms with Gasteiger partial charge in [0.2, 0.25) is 0 Å². The fourth-order valence-corrected chi connectivity index (χ4v) is 3.56. The van der Waals surface area contributed by atoms with E-state index >= 15 is 0 Å². The van der Waals surface area contributed by atoms with Crippen LogP contribution in [0.15, 0.2) is 48.8 Å². The van der Waals surface area contributed by atoms with Crippen LogP contribution in [0, 0.1) is 12.7 Å². The minimum atomic E-state index is -0.248. The van der Waals surface area contributed by atoms with Crippen LogP contribution in [0.5, 0.6) is 0 Å². The number of nitrogens with zero attached hydrogens (tertiary/aromatic N) is 2. The summed E-state index contributed by atoms with van der Waals surface area (Å²) >= 11 is 1.38. The van der Waals surface area contributed by atoms with Gasteiger partial charge in [0, 0.05) is 22.9 Å². The number of thiazole rings is 1. The summed E-state index contributed by atoms with van der Waals surface area (Å²) in [4.78, 5) is 17.7. The van der Waals surface area contributed by atoms with Crippen molar-refractivity contribution in [3.63, 3.8) is 0 Å². The number of amides is 1. The third kappa shape index (κ3) is 3.21. The second-order valence-corrected chi connectivity index (χ2v) is 7.10. The highest BCUT2D eigenvalue weighted by atomic mass is 32.1. The number of hydrogen-bond donors (Lipinski definition) is 2. The predicted octanol–water partition coefficient (Wildman–Crippen LogP) is 4.31. The lowest BCUT2D eigenvalue weighted by Gasteiger charge is -2.03. The molecule has 0 aliphatic rings. The van der Waals surface area contributed by atoms with Crippen molar-refractivity contribution in [1.82, 2.24) is 15.2 Å². The van der Waals surface area contributed by atoms with E-state index in [9.17, 15) is 9.18 Å². The van der Waals surface area contributed by atoms with E-state index in [2.05, 4.69) is 20.5 Å². The lowest BCUT2D eigenvalue weighted by molar-refractivity contribution is 0.102. The molecule has 0 bridgehead atoms. The Hall–Kier alpha value is -3.06. The molecule has 0 spiro atoms. The van der Waals surface area contributed by atoms with Crippen molar-refractivity contribution in [2.45, 2.75) is 13.3 Å². The highest BCUT2D eigenvalue weighted by Crippen LogP contribution is 2.23.